The zero-order valence-electron chi connectivity index (χ0n) is 50.6. The molecule has 0 spiro atoms. The molecule has 9 rings (SSSR count). The summed E-state index contributed by atoms with van der Waals surface area (Å²) >= 11 is 0. The van der Waals surface area contributed by atoms with Crippen molar-refractivity contribution in [3.63, 3.8) is 0 Å². The largest absolute Gasteiger partial charge is 0.497 e. The van der Waals surface area contributed by atoms with Crippen LogP contribution in [0.4, 0.5) is 25.8 Å². The maximum absolute atomic E-state index is 13.9. The van der Waals surface area contributed by atoms with Crippen molar-refractivity contribution in [3.05, 3.63) is 280 Å². The van der Waals surface area contributed by atoms with Crippen LogP contribution >= 0.6 is 0 Å². The number of sulfonamides is 3. The van der Waals surface area contributed by atoms with Gasteiger partial charge in [-0.1, -0.05) is 129 Å². The van der Waals surface area contributed by atoms with Crippen molar-refractivity contribution < 1.29 is 68.5 Å². The second-order valence-corrected chi connectivity index (χ2v) is 26.3. The van der Waals surface area contributed by atoms with E-state index in [-0.39, 0.29) is 32.2 Å². The summed E-state index contributed by atoms with van der Waals surface area (Å²) in [5, 5.41) is 27.3. The summed E-state index contributed by atoms with van der Waals surface area (Å²) in [5.41, 5.74) is 8.38. The number of anilines is 3. The zero-order valence-corrected chi connectivity index (χ0v) is 53.0. The fraction of sp³-hybridized carbons (Fsp3) is 0.197. The summed E-state index contributed by atoms with van der Waals surface area (Å²) in [6.07, 6.45) is 9.06. The number of unbranched alkanes of at least 4 members (excludes halogenated alkanes) is 1. The van der Waals surface area contributed by atoms with Crippen LogP contribution < -0.4 is 18.9 Å². The van der Waals surface area contributed by atoms with Gasteiger partial charge in [0.25, 0.3) is 30.1 Å². The van der Waals surface area contributed by atoms with Crippen molar-refractivity contribution in [2.24, 2.45) is 0 Å². The van der Waals surface area contributed by atoms with Crippen molar-refractivity contribution in [2.75, 3.05) is 21.3 Å². The highest BCUT2D eigenvalue weighted by molar-refractivity contribution is 7.93. The molecule has 0 fully saturated rings. The average molecular weight is 1310 g/mol. The molecule has 0 radical (unpaired) electrons. The van der Waals surface area contributed by atoms with Gasteiger partial charge in [-0.2, -0.15) is 0 Å². The highest BCUT2D eigenvalue weighted by Crippen LogP contribution is 2.28. The summed E-state index contributed by atoms with van der Waals surface area (Å²) in [6, 6.07) is 57.9. The van der Waals surface area contributed by atoms with Crippen molar-refractivity contribution in [2.45, 2.75) is 98.7 Å². The van der Waals surface area contributed by atoms with Gasteiger partial charge in [-0.15, -0.1) is 0 Å². The van der Waals surface area contributed by atoms with E-state index in [0.717, 1.165) is 83.7 Å². The first-order chi connectivity index (χ1) is 44.0. The lowest BCUT2D eigenvalue weighted by Crippen LogP contribution is -2.17. The van der Waals surface area contributed by atoms with Crippen molar-refractivity contribution in [1.82, 2.24) is 0 Å². The standard InChI is InChI=1S/C26H29NO4S.C23H23NO5S.C22H19F2NO4S/c1-2-3-8-20-15-17-24(18-16-20)32(30,31)27-25-14-5-4-11-22(25)12-6-9-21-10-7-13-23(19-21)26(28)29;1-29-20-12-6-13-21(16-20)30(27,28)24-22-14-3-2-9-18(22)10-4-7-17-8-5-11-19(15-17)23(25)26;23-18-11-5-12-19(24)21(18)30(28,29)25-20-13-2-1-8-16(20)9-3-6-15-7-4-10-17(14-15)22(26)27/h4-5,7,10-11,13-19,27H,2-3,6,8-9,12H2,1H3,(H,28,29);2-3,5-6,8-9,11-16,24H,4,7,10H2,1H3,(H,25,26);1-2,4-5,7-8,10-14,25H,3,6,9H2,(H,26,27). The zero-order chi connectivity index (χ0) is 66.3. The van der Waals surface area contributed by atoms with E-state index >= 15 is 0 Å². The first kappa shape index (κ1) is 69.8. The van der Waals surface area contributed by atoms with Crippen LogP contribution in [0.15, 0.2) is 227 Å². The molecule has 0 aliphatic rings. The third kappa shape index (κ3) is 20.7. The molecule has 0 unspecified atom stereocenters. The number of aryl methyl sites for hydroxylation is 7. The molecule has 0 aliphatic heterocycles. The fourth-order valence-corrected chi connectivity index (χ4v) is 13.3. The monoisotopic (exact) mass is 1310 g/mol. The number of ether oxygens (including phenoxy) is 1. The van der Waals surface area contributed by atoms with Crippen LogP contribution in [0, 0.1) is 11.6 Å². The van der Waals surface area contributed by atoms with E-state index in [1.54, 1.807) is 109 Å². The molecule has 6 N–H and O–H groups in total. The number of carbonyl (C=O) groups is 3. The molecule has 0 bridgehead atoms. The Morgan fingerprint density at radius 1 is 0.380 bits per heavy atom. The van der Waals surface area contributed by atoms with Gasteiger partial charge in [0.15, 0.2) is 4.90 Å². The number of halogens is 2. The normalized spacial score (nSPS) is 11.2. The second-order valence-electron chi connectivity index (χ2n) is 21.3. The van der Waals surface area contributed by atoms with Crippen LogP contribution in [0.25, 0.3) is 0 Å². The number of nitrogens with one attached hydrogen (secondary N) is 3. The second kappa shape index (κ2) is 33.4. The average Bonchev–Trinajstić information content (AvgIpc) is 0.968. The fourth-order valence-electron chi connectivity index (χ4n) is 9.87. The molecule has 21 heteroatoms. The third-order valence-corrected chi connectivity index (χ3v) is 18.8. The number of benzene rings is 9. The molecule has 0 atom stereocenters. The Balaban J connectivity index is 0.000000196. The Morgan fingerprint density at radius 3 is 1.13 bits per heavy atom. The molecule has 0 saturated heterocycles. The first-order valence-electron chi connectivity index (χ1n) is 29.5. The highest BCUT2D eigenvalue weighted by Gasteiger charge is 2.25. The van der Waals surface area contributed by atoms with E-state index < -0.39 is 64.5 Å². The summed E-state index contributed by atoms with van der Waals surface area (Å²) in [6.45, 7) is 2.13. The minimum Gasteiger partial charge on any atom is -0.497 e. The van der Waals surface area contributed by atoms with E-state index in [4.69, 9.17) is 20.1 Å². The van der Waals surface area contributed by atoms with Crippen LogP contribution in [-0.4, -0.2) is 65.6 Å². The molecule has 0 aliphatic carbocycles. The van der Waals surface area contributed by atoms with Gasteiger partial charge in [-0.3, -0.25) is 14.2 Å². The minimum absolute atomic E-state index is 0.127. The molecule has 480 valence electrons. The Morgan fingerprint density at radius 2 is 0.739 bits per heavy atom. The smallest absolute Gasteiger partial charge is 0.335 e. The van der Waals surface area contributed by atoms with Crippen LogP contribution in [0.3, 0.4) is 0 Å². The van der Waals surface area contributed by atoms with E-state index in [1.165, 1.54) is 31.4 Å². The topological polar surface area (TPSA) is 260 Å². The van der Waals surface area contributed by atoms with Gasteiger partial charge in [-0.05, 0) is 201 Å². The third-order valence-electron chi connectivity index (χ3n) is 14.6. The molecular formula is C71H71F2N3O13S3. The summed E-state index contributed by atoms with van der Waals surface area (Å²) in [5.74, 6) is -4.76. The Kier molecular flexibility index (Phi) is 25.3. The number of para-hydroxylation sites is 3. The quantitative estimate of drug-likeness (QED) is 0.0267. The number of aromatic carboxylic acids is 3. The number of methoxy groups -OCH3 is 1. The molecular weight excluding hydrogens is 1240 g/mol. The van der Waals surface area contributed by atoms with Crippen molar-refractivity contribution >= 4 is 65.0 Å². The van der Waals surface area contributed by atoms with Gasteiger partial charge in [0.05, 0.1) is 50.7 Å². The summed E-state index contributed by atoms with van der Waals surface area (Å²) in [7, 11) is -10.4. The minimum atomic E-state index is -4.45. The SMILES string of the molecule is CCCCc1ccc(S(=O)(=O)Nc2ccccc2CCCc2cccc(C(=O)O)c2)cc1.COc1cccc(S(=O)(=O)Nc2ccccc2CCCc2cccc(C(=O)O)c2)c1.O=C(O)c1cccc(CCCc2ccccc2NS(=O)(=O)c2c(F)cccc2F)c1. The maximum Gasteiger partial charge on any atom is 0.335 e. The Hall–Kier alpha value is -9.70. The number of hydrogen-bond donors (Lipinski definition) is 6. The summed E-state index contributed by atoms with van der Waals surface area (Å²) in [4.78, 5) is 32.7. The van der Waals surface area contributed by atoms with Gasteiger partial charge in [0.2, 0.25) is 0 Å². The van der Waals surface area contributed by atoms with E-state index in [2.05, 4.69) is 21.1 Å². The van der Waals surface area contributed by atoms with E-state index in [9.17, 15) is 48.4 Å². The van der Waals surface area contributed by atoms with Gasteiger partial charge in [-0.25, -0.2) is 48.4 Å². The maximum atomic E-state index is 13.9. The predicted octanol–water partition coefficient (Wildman–Crippen LogP) is 14.7. The Labute approximate surface area is 535 Å². The lowest BCUT2D eigenvalue weighted by molar-refractivity contribution is 0.0686. The first-order valence-corrected chi connectivity index (χ1v) is 34.0. The lowest BCUT2D eigenvalue weighted by Gasteiger charge is -2.13. The molecule has 0 amide bonds. The molecule has 92 heavy (non-hydrogen) atoms. The number of carboxylic acids is 3. The molecule has 9 aromatic carbocycles. The van der Waals surface area contributed by atoms with Gasteiger partial charge < -0.3 is 20.1 Å². The molecule has 0 saturated carbocycles. The van der Waals surface area contributed by atoms with Crippen LogP contribution in [0.5, 0.6) is 5.75 Å². The molecule has 16 nitrogen and oxygen atoms in total. The lowest BCUT2D eigenvalue weighted by atomic mass is 10.0. The van der Waals surface area contributed by atoms with Gasteiger partial charge in [0.1, 0.15) is 17.4 Å². The van der Waals surface area contributed by atoms with Gasteiger partial charge >= 0.3 is 17.9 Å². The van der Waals surface area contributed by atoms with Crippen molar-refractivity contribution in [3.8, 4) is 5.75 Å². The highest BCUT2D eigenvalue weighted by atomic mass is 32.2. The Bertz CT molecular complexity index is 4340. The number of carboxylic acid groups (broad SMARTS) is 3. The van der Waals surface area contributed by atoms with Crippen LogP contribution in [0.2, 0.25) is 0 Å². The van der Waals surface area contributed by atoms with Crippen LogP contribution in [0.1, 0.15) is 109 Å². The van der Waals surface area contributed by atoms with Crippen LogP contribution in [-0.2, 0) is 75.0 Å². The predicted molar refractivity (Wildman–Crippen MR) is 352 cm³/mol. The van der Waals surface area contributed by atoms with E-state index in [0.29, 0.717) is 67.6 Å². The van der Waals surface area contributed by atoms with E-state index in [1.807, 2.05) is 60.7 Å². The van der Waals surface area contributed by atoms with Gasteiger partial charge in [0, 0.05) is 6.07 Å². The molecule has 9 aromatic rings. The number of rotatable bonds is 28. The number of hydrogen-bond acceptors (Lipinski definition) is 10. The van der Waals surface area contributed by atoms with Crippen molar-refractivity contribution in [1.29, 1.82) is 0 Å². The summed E-state index contributed by atoms with van der Waals surface area (Å²) < 4.78 is 117. The molecule has 0 heterocycles. The molecule has 0 aromatic heterocycles.